The zero-order chi connectivity index (χ0) is 11.6. The second-order valence-electron chi connectivity index (χ2n) is 4.58. The summed E-state index contributed by atoms with van der Waals surface area (Å²) in [5.41, 5.74) is 4.06. The maximum absolute atomic E-state index is 11.2. The topological polar surface area (TPSA) is 34.9 Å². The quantitative estimate of drug-likeness (QED) is 0.411. The van der Waals surface area contributed by atoms with Gasteiger partial charge in [-0.1, -0.05) is 25.6 Å². The van der Waals surface area contributed by atoms with E-state index in [1.165, 1.54) is 6.92 Å². The minimum Gasteiger partial charge on any atom is -0.318 e. The molecule has 0 unspecified atom stereocenters. The molecule has 3 nitrogen and oxygen atoms in total. The van der Waals surface area contributed by atoms with Crippen molar-refractivity contribution in [2.24, 2.45) is 7.05 Å². The van der Waals surface area contributed by atoms with Gasteiger partial charge in [-0.15, -0.1) is 5.54 Å². The normalized spacial score (nSPS) is 10.7. The van der Waals surface area contributed by atoms with Gasteiger partial charge in [0, 0.05) is 14.0 Å². The van der Waals surface area contributed by atoms with Crippen molar-refractivity contribution in [2.45, 2.75) is 26.6 Å². The Labute approximate surface area is 91.5 Å². The van der Waals surface area contributed by atoms with Crippen molar-refractivity contribution in [1.29, 1.82) is 0 Å². The molecule has 1 aromatic rings. The van der Waals surface area contributed by atoms with Gasteiger partial charge >= 0.3 is 0 Å². The van der Waals surface area contributed by atoms with E-state index in [4.69, 9.17) is 0 Å². The summed E-state index contributed by atoms with van der Waals surface area (Å²) in [4.78, 5) is 15.2. The van der Waals surface area contributed by atoms with Crippen LogP contribution in [0.25, 0.3) is 0 Å². The third-order valence-electron chi connectivity index (χ3n) is 1.87. The minimum atomic E-state index is -1.37. The van der Waals surface area contributed by atoms with Gasteiger partial charge in [-0.2, -0.15) is 0 Å². The number of carbonyl (C=O) groups is 1. The molecule has 0 atom stereocenters. The number of rotatable bonds is 1. The number of hydrogen-bond donors (Lipinski definition) is 0. The summed E-state index contributed by atoms with van der Waals surface area (Å²) in [6.07, 6.45) is 1.66. The molecular weight excluding hydrogens is 204 g/mol. The van der Waals surface area contributed by atoms with E-state index in [9.17, 15) is 4.79 Å². The summed E-state index contributed by atoms with van der Waals surface area (Å²) < 4.78 is 1.75. The molecule has 1 heterocycles. The Morgan fingerprint density at radius 2 is 2.07 bits per heavy atom. The molecular formula is C11H16N2OSi. The smallest absolute Gasteiger partial charge is 0.195 e. The second-order valence-corrected chi connectivity index (χ2v) is 9.33. The average Bonchev–Trinajstić information content (AvgIpc) is 2.42. The van der Waals surface area contributed by atoms with Gasteiger partial charge in [-0.25, -0.2) is 4.98 Å². The first kappa shape index (κ1) is 11.7. The third kappa shape index (κ3) is 3.06. The zero-order valence-electron chi connectivity index (χ0n) is 9.88. The van der Waals surface area contributed by atoms with Crippen molar-refractivity contribution in [1.82, 2.24) is 9.55 Å². The highest BCUT2D eigenvalue weighted by Crippen LogP contribution is 2.03. The summed E-state index contributed by atoms with van der Waals surface area (Å²) in [6.45, 7) is 8.06. The number of nitrogens with zero attached hydrogens (tertiary/aromatic N) is 2. The van der Waals surface area contributed by atoms with E-state index in [-0.39, 0.29) is 5.78 Å². The first-order chi connectivity index (χ1) is 6.81. The number of carbonyl (C=O) groups excluding carboxylic acids is 1. The molecule has 0 aliphatic carbocycles. The number of Topliss-reactive ketones (excluding diaryl/α,β-unsaturated/α-hetero) is 1. The Morgan fingerprint density at radius 3 is 2.47 bits per heavy atom. The number of hydrogen-bond acceptors (Lipinski definition) is 2. The average molecular weight is 220 g/mol. The molecule has 0 radical (unpaired) electrons. The van der Waals surface area contributed by atoms with Crippen LogP contribution >= 0.6 is 0 Å². The van der Waals surface area contributed by atoms with E-state index in [1.54, 1.807) is 10.8 Å². The van der Waals surface area contributed by atoms with Crippen molar-refractivity contribution in [2.75, 3.05) is 0 Å². The Balaban J connectivity index is 3.07. The van der Waals surface area contributed by atoms with Crippen LogP contribution in [-0.4, -0.2) is 23.4 Å². The highest BCUT2D eigenvalue weighted by Gasteiger charge is 2.10. The van der Waals surface area contributed by atoms with Crippen molar-refractivity contribution < 1.29 is 4.79 Å². The van der Waals surface area contributed by atoms with Crippen LogP contribution in [0.4, 0.5) is 0 Å². The highest BCUT2D eigenvalue weighted by atomic mass is 28.3. The molecule has 0 N–H and O–H groups in total. The van der Waals surface area contributed by atoms with E-state index in [1.807, 2.05) is 7.05 Å². The largest absolute Gasteiger partial charge is 0.318 e. The monoisotopic (exact) mass is 220 g/mol. The number of aromatic nitrogens is 2. The first-order valence-electron chi connectivity index (χ1n) is 4.87. The van der Waals surface area contributed by atoms with Gasteiger partial charge in [0.15, 0.2) is 11.6 Å². The predicted molar refractivity (Wildman–Crippen MR) is 63.4 cm³/mol. The Morgan fingerprint density at radius 1 is 1.47 bits per heavy atom. The van der Waals surface area contributed by atoms with Crippen LogP contribution in [0, 0.1) is 11.5 Å². The molecule has 0 aliphatic heterocycles. The van der Waals surface area contributed by atoms with Crippen LogP contribution in [0.2, 0.25) is 19.6 Å². The summed E-state index contributed by atoms with van der Waals surface area (Å²) >= 11 is 0. The van der Waals surface area contributed by atoms with Gasteiger partial charge in [0.2, 0.25) is 0 Å². The molecule has 0 saturated heterocycles. The van der Waals surface area contributed by atoms with Crippen LogP contribution in [0.15, 0.2) is 6.20 Å². The standard InChI is InChI=1S/C11H16N2OSi/c1-9(14)11-12-8-10(13(11)2)6-7-15(3,4)5/h8H,1-5H3. The summed E-state index contributed by atoms with van der Waals surface area (Å²) in [6, 6.07) is 0. The highest BCUT2D eigenvalue weighted by molar-refractivity contribution is 6.83. The van der Waals surface area contributed by atoms with Gasteiger partial charge in [0.05, 0.1) is 6.20 Å². The second kappa shape index (κ2) is 4.03. The van der Waals surface area contributed by atoms with Crippen molar-refractivity contribution in [3.8, 4) is 11.5 Å². The molecule has 0 fully saturated rings. The molecule has 1 aromatic heterocycles. The van der Waals surface area contributed by atoms with Crippen LogP contribution in [0.5, 0.6) is 0 Å². The van der Waals surface area contributed by atoms with E-state index < -0.39 is 8.07 Å². The number of imidazole rings is 1. The fourth-order valence-electron chi connectivity index (χ4n) is 1.10. The molecule has 0 aromatic carbocycles. The van der Waals surface area contributed by atoms with Crippen molar-refractivity contribution in [3.05, 3.63) is 17.7 Å². The van der Waals surface area contributed by atoms with Gasteiger partial charge in [-0.05, 0) is 0 Å². The molecule has 0 spiro atoms. The number of ketones is 1. The van der Waals surface area contributed by atoms with E-state index >= 15 is 0 Å². The zero-order valence-corrected chi connectivity index (χ0v) is 10.9. The van der Waals surface area contributed by atoms with Crippen LogP contribution < -0.4 is 0 Å². The fraction of sp³-hybridized carbons (Fsp3) is 0.455. The lowest BCUT2D eigenvalue weighted by atomic mass is 10.4. The van der Waals surface area contributed by atoms with Crippen LogP contribution in [0.1, 0.15) is 23.2 Å². The van der Waals surface area contributed by atoms with Gasteiger partial charge in [-0.3, -0.25) is 4.79 Å². The van der Waals surface area contributed by atoms with Gasteiger partial charge in [0.25, 0.3) is 0 Å². The van der Waals surface area contributed by atoms with E-state index in [2.05, 4.69) is 36.1 Å². The Hall–Kier alpha value is -1.34. The molecule has 0 aliphatic rings. The molecule has 15 heavy (non-hydrogen) atoms. The van der Waals surface area contributed by atoms with Crippen molar-refractivity contribution >= 4 is 13.9 Å². The van der Waals surface area contributed by atoms with Gasteiger partial charge < -0.3 is 4.57 Å². The van der Waals surface area contributed by atoms with E-state index in [0.717, 1.165) is 5.69 Å². The molecule has 0 bridgehead atoms. The van der Waals surface area contributed by atoms with Crippen LogP contribution in [0.3, 0.4) is 0 Å². The summed E-state index contributed by atoms with van der Waals surface area (Å²) in [5.74, 6) is 3.53. The lowest BCUT2D eigenvalue weighted by Crippen LogP contribution is -2.16. The maximum Gasteiger partial charge on any atom is 0.195 e. The minimum absolute atomic E-state index is 0.0291. The molecule has 1 rings (SSSR count). The molecule has 4 heteroatoms. The van der Waals surface area contributed by atoms with Gasteiger partial charge in [0.1, 0.15) is 13.8 Å². The maximum atomic E-state index is 11.2. The Kier molecular flexibility index (Phi) is 3.15. The molecule has 0 saturated carbocycles. The Bertz CT molecular complexity index is 443. The third-order valence-corrected chi connectivity index (χ3v) is 2.74. The lowest BCUT2D eigenvalue weighted by Gasteiger charge is -2.03. The van der Waals surface area contributed by atoms with Crippen molar-refractivity contribution in [3.63, 3.8) is 0 Å². The molecule has 80 valence electrons. The predicted octanol–water partition coefficient (Wildman–Crippen LogP) is 1.85. The lowest BCUT2D eigenvalue weighted by molar-refractivity contribution is 0.100. The fourth-order valence-corrected chi connectivity index (χ4v) is 1.61. The first-order valence-corrected chi connectivity index (χ1v) is 8.37. The van der Waals surface area contributed by atoms with E-state index in [0.29, 0.717) is 5.82 Å². The SMILES string of the molecule is CC(=O)c1ncc(C#C[Si](C)(C)C)n1C. The van der Waals surface area contributed by atoms with Crippen LogP contribution in [-0.2, 0) is 7.05 Å². The summed E-state index contributed by atoms with van der Waals surface area (Å²) in [7, 11) is 0.449. The summed E-state index contributed by atoms with van der Waals surface area (Å²) in [5, 5.41) is 0. The molecule has 0 amide bonds.